The Kier molecular flexibility index (Phi) is 6.10. The first-order valence-electron chi connectivity index (χ1n) is 7.33. The van der Waals surface area contributed by atoms with E-state index in [9.17, 15) is 18.0 Å². The number of likely N-dealkylation sites (N-methyl/N-ethyl adjacent to an activating group) is 1. The molecule has 0 radical (unpaired) electrons. The zero-order chi connectivity index (χ0) is 18.6. The van der Waals surface area contributed by atoms with Gasteiger partial charge in [0.25, 0.3) is 0 Å². The Hall–Kier alpha value is -2.03. The SMILES string of the molecule is CC(=O)c1ccc(S(=O)(=O)N(C)CC(=O)Nc2ccccc2Br)cc1. The van der Waals surface area contributed by atoms with E-state index in [-0.39, 0.29) is 17.2 Å². The van der Waals surface area contributed by atoms with E-state index in [0.717, 1.165) is 4.31 Å². The van der Waals surface area contributed by atoms with Crippen molar-refractivity contribution in [1.29, 1.82) is 0 Å². The highest BCUT2D eigenvalue weighted by molar-refractivity contribution is 9.10. The molecule has 0 atom stereocenters. The summed E-state index contributed by atoms with van der Waals surface area (Å²) in [6.45, 7) is 1.07. The Morgan fingerprint density at radius 2 is 1.68 bits per heavy atom. The van der Waals surface area contributed by atoms with Crippen LogP contribution in [0.3, 0.4) is 0 Å². The molecular formula is C17H17BrN2O4S. The number of nitrogens with zero attached hydrogens (tertiary/aromatic N) is 1. The molecule has 132 valence electrons. The fourth-order valence-electron chi connectivity index (χ4n) is 2.08. The molecule has 2 rings (SSSR count). The van der Waals surface area contributed by atoms with Gasteiger partial charge in [-0.1, -0.05) is 24.3 Å². The van der Waals surface area contributed by atoms with Crippen LogP contribution in [-0.2, 0) is 14.8 Å². The van der Waals surface area contributed by atoms with Gasteiger partial charge in [-0.25, -0.2) is 8.42 Å². The molecule has 0 spiro atoms. The Morgan fingerprint density at radius 1 is 1.08 bits per heavy atom. The lowest BCUT2D eigenvalue weighted by Gasteiger charge is -2.17. The Bertz CT molecular complexity index is 895. The second-order valence-corrected chi connectivity index (χ2v) is 8.27. The van der Waals surface area contributed by atoms with Gasteiger partial charge >= 0.3 is 0 Å². The monoisotopic (exact) mass is 424 g/mol. The molecule has 25 heavy (non-hydrogen) atoms. The van der Waals surface area contributed by atoms with Gasteiger partial charge in [-0.15, -0.1) is 0 Å². The molecule has 0 unspecified atom stereocenters. The predicted octanol–water partition coefficient (Wildman–Crippen LogP) is 2.91. The number of rotatable bonds is 6. The van der Waals surface area contributed by atoms with Crippen molar-refractivity contribution in [3.8, 4) is 0 Å². The number of amides is 1. The first-order chi connectivity index (χ1) is 11.7. The first kappa shape index (κ1) is 19.3. The molecule has 2 aromatic rings. The molecule has 0 aliphatic heterocycles. The van der Waals surface area contributed by atoms with Crippen LogP contribution in [0.25, 0.3) is 0 Å². The number of carbonyl (C=O) groups is 2. The number of benzene rings is 2. The average Bonchev–Trinajstić information content (AvgIpc) is 2.57. The summed E-state index contributed by atoms with van der Waals surface area (Å²) in [4.78, 5) is 23.4. The number of para-hydroxylation sites is 1. The van der Waals surface area contributed by atoms with E-state index in [1.807, 2.05) is 0 Å². The number of ketones is 1. The molecule has 0 saturated carbocycles. The number of carbonyl (C=O) groups excluding carboxylic acids is 2. The minimum absolute atomic E-state index is 0.0219. The molecular weight excluding hydrogens is 408 g/mol. The van der Waals surface area contributed by atoms with Gasteiger partial charge in [-0.05, 0) is 47.1 Å². The van der Waals surface area contributed by atoms with E-state index in [0.29, 0.717) is 15.7 Å². The number of sulfonamides is 1. The zero-order valence-corrected chi connectivity index (χ0v) is 16.1. The lowest BCUT2D eigenvalue weighted by Crippen LogP contribution is -2.35. The third-order valence-electron chi connectivity index (χ3n) is 3.48. The molecule has 0 aromatic heterocycles. The van der Waals surface area contributed by atoms with Crippen LogP contribution in [0.4, 0.5) is 5.69 Å². The Balaban J connectivity index is 2.10. The van der Waals surface area contributed by atoms with Crippen molar-refractivity contribution in [2.24, 2.45) is 0 Å². The summed E-state index contributed by atoms with van der Waals surface area (Å²) >= 11 is 3.31. The summed E-state index contributed by atoms with van der Waals surface area (Å²) in [5, 5.41) is 2.65. The highest BCUT2D eigenvalue weighted by atomic mass is 79.9. The summed E-state index contributed by atoms with van der Waals surface area (Å²) in [7, 11) is -2.50. The summed E-state index contributed by atoms with van der Waals surface area (Å²) in [5.74, 6) is -0.608. The molecule has 0 heterocycles. The smallest absolute Gasteiger partial charge is 0.243 e. The van der Waals surface area contributed by atoms with Gasteiger partial charge < -0.3 is 5.32 Å². The molecule has 0 saturated heterocycles. The van der Waals surface area contributed by atoms with Crippen LogP contribution in [-0.4, -0.2) is 38.0 Å². The maximum Gasteiger partial charge on any atom is 0.243 e. The number of Topliss-reactive ketones (excluding diaryl/α,β-unsaturated/α-hetero) is 1. The normalized spacial score (nSPS) is 11.4. The molecule has 0 fully saturated rings. The molecule has 6 nitrogen and oxygen atoms in total. The average molecular weight is 425 g/mol. The van der Waals surface area contributed by atoms with E-state index in [1.54, 1.807) is 24.3 Å². The van der Waals surface area contributed by atoms with Crippen LogP contribution in [0.5, 0.6) is 0 Å². The standard InChI is InChI=1S/C17H17BrN2O4S/c1-12(21)13-7-9-14(10-8-13)25(23,24)20(2)11-17(22)19-16-6-4-3-5-15(16)18/h3-10H,11H2,1-2H3,(H,19,22). The molecule has 1 N–H and O–H groups in total. The quantitative estimate of drug-likeness (QED) is 0.722. The number of nitrogens with one attached hydrogen (secondary N) is 1. The van der Waals surface area contributed by atoms with Crippen LogP contribution in [0.2, 0.25) is 0 Å². The van der Waals surface area contributed by atoms with Crippen molar-refractivity contribution in [2.45, 2.75) is 11.8 Å². The molecule has 0 aliphatic carbocycles. The molecule has 0 aliphatic rings. The van der Waals surface area contributed by atoms with Crippen molar-refractivity contribution in [3.05, 3.63) is 58.6 Å². The highest BCUT2D eigenvalue weighted by Crippen LogP contribution is 2.21. The van der Waals surface area contributed by atoms with Crippen molar-refractivity contribution in [1.82, 2.24) is 4.31 Å². The van der Waals surface area contributed by atoms with Crippen LogP contribution < -0.4 is 5.32 Å². The van der Waals surface area contributed by atoms with Gasteiger partial charge in [0.15, 0.2) is 5.78 Å². The number of hydrogen-bond donors (Lipinski definition) is 1. The molecule has 0 bridgehead atoms. The van der Waals surface area contributed by atoms with Gasteiger partial charge in [0.05, 0.1) is 17.1 Å². The maximum absolute atomic E-state index is 12.5. The predicted molar refractivity (Wildman–Crippen MR) is 99.0 cm³/mol. The third-order valence-corrected chi connectivity index (χ3v) is 5.99. The van der Waals surface area contributed by atoms with Gasteiger partial charge in [0.1, 0.15) is 0 Å². The second kappa shape index (κ2) is 7.90. The number of hydrogen-bond acceptors (Lipinski definition) is 4. The lowest BCUT2D eigenvalue weighted by atomic mass is 10.2. The number of anilines is 1. The van der Waals surface area contributed by atoms with E-state index in [2.05, 4.69) is 21.2 Å². The fraction of sp³-hybridized carbons (Fsp3) is 0.176. The minimum Gasteiger partial charge on any atom is -0.324 e. The summed E-state index contributed by atoms with van der Waals surface area (Å²) in [6, 6.07) is 12.7. The van der Waals surface area contributed by atoms with Crippen molar-refractivity contribution in [2.75, 3.05) is 18.9 Å². The van der Waals surface area contributed by atoms with Gasteiger partial charge in [0, 0.05) is 17.1 Å². The first-order valence-corrected chi connectivity index (χ1v) is 9.57. The fourth-order valence-corrected chi connectivity index (χ4v) is 3.59. The van der Waals surface area contributed by atoms with Gasteiger partial charge in [-0.2, -0.15) is 4.31 Å². The van der Waals surface area contributed by atoms with Crippen molar-refractivity contribution < 1.29 is 18.0 Å². The van der Waals surface area contributed by atoms with E-state index < -0.39 is 15.9 Å². The van der Waals surface area contributed by atoms with Crippen molar-refractivity contribution in [3.63, 3.8) is 0 Å². The summed E-state index contributed by atoms with van der Waals surface area (Å²) in [5.41, 5.74) is 0.984. The second-order valence-electron chi connectivity index (χ2n) is 5.37. The third kappa shape index (κ3) is 4.75. The van der Waals surface area contributed by atoms with Gasteiger partial charge in [0.2, 0.25) is 15.9 Å². The van der Waals surface area contributed by atoms with Crippen LogP contribution in [0, 0.1) is 0 Å². The summed E-state index contributed by atoms with van der Waals surface area (Å²) in [6.07, 6.45) is 0. The maximum atomic E-state index is 12.5. The Labute approximate surface area is 155 Å². The highest BCUT2D eigenvalue weighted by Gasteiger charge is 2.23. The van der Waals surface area contributed by atoms with Crippen molar-refractivity contribution >= 4 is 43.3 Å². The van der Waals surface area contributed by atoms with E-state index >= 15 is 0 Å². The molecule has 1 amide bonds. The topological polar surface area (TPSA) is 83.6 Å². The van der Waals surface area contributed by atoms with Crippen LogP contribution in [0.15, 0.2) is 57.9 Å². The minimum atomic E-state index is -3.83. The van der Waals surface area contributed by atoms with E-state index in [1.165, 1.54) is 38.2 Å². The van der Waals surface area contributed by atoms with Crippen LogP contribution >= 0.6 is 15.9 Å². The molecule has 8 heteroatoms. The number of halogens is 1. The van der Waals surface area contributed by atoms with Crippen LogP contribution in [0.1, 0.15) is 17.3 Å². The molecule has 2 aromatic carbocycles. The Morgan fingerprint density at radius 3 is 2.24 bits per heavy atom. The largest absolute Gasteiger partial charge is 0.324 e. The van der Waals surface area contributed by atoms with E-state index in [4.69, 9.17) is 0 Å². The zero-order valence-electron chi connectivity index (χ0n) is 13.7. The lowest BCUT2D eigenvalue weighted by molar-refractivity contribution is -0.116. The van der Waals surface area contributed by atoms with Gasteiger partial charge in [-0.3, -0.25) is 9.59 Å². The summed E-state index contributed by atoms with van der Waals surface area (Å²) < 4.78 is 26.7.